The number of aryl methyl sites for hydroxylation is 2. The number of unbranched alkanes of at least 4 members (excludes halogenated alkanes) is 9. The van der Waals surface area contributed by atoms with E-state index in [1.165, 1.54) is 55.7 Å². The van der Waals surface area contributed by atoms with Crippen LogP contribution in [0.1, 0.15) is 94.9 Å². The number of sulfonamides is 1. The maximum Gasteiger partial charge on any atom is 0.243 e. The highest BCUT2D eigenvalue weighted by molar-refractivity contribution is 7.89. The van der Waals surface area contributed by atoms with Gasteiger partial charge in [0, 0.05) is 18.7 Å². The third-order valence-electron chi connectivity index (χ3n) is 7.48. The molecule has 8 heteroatoms. The topological polar surface area (TPSA) is 50.5 Å². The van der Waals surface area contributed by atoms with Crippen molar-refractivity contribution in [3.63, 3.8) is 0 Å². The average Bonchev–Trinajstić information content (AvgIpc) is 2.97. The molecule has 0 saturated carbocycles. The van der Waals surface area contributed by atoms with Crippen LogP contribution in [0.5, 0.6) is 5.75 Å². The van der Waals surface area contributed by atoms with Gasteiger partial charge < -0.3 is 28.7 Å². The molecule has 1 heterocycles. The summed E-state index contributed by atoms with van der Waals surface area (Å²) in [4.78, 5) is 0.282. The third-order valence-corrected chi connectivity index (χ3v) is 9.58. The first-order chi connectivity index (χ1) is 19.8. The monoisotopic (exact) mass is 726 g/mol. The van der Waals surface area contributed by atoms with Crippen molar-refractivity contribution in [1.29, 1.82) is 0 Å². The van der Waals surface area contributed by atoms with Gasteiger partial charge in [-0.3, -0.25) is 0 Å². The molecule has 42 heavy (non-hydrogen) atoms. The smallest absolute Gasteiger partial charge is 0.243 e. The number of pyridine rings is 1. The molecule has 0 amide bonds. The predicted octanol–water partition coefficient (Wildman–Crippen LogP) is 5.65. The Labute approximate surface area is 276 Å². The Morgan fingerprint density at radius 1 is 0.810 bits per heavy atom. The first-order valence-corrected chi connectivity index (χ1v) is 17.1. The molecule has 232 valence electrons. The fraction of sp³-hybridized carbons (Fsp3) is 0.500. The molecule has 3 aromatic rings. The summed E-state index contributed by atoms with van der Waals surface area (Å²) in [6, 6.07) is 18.5. The summed E-state index contributed by atoms with van der Waals surface area (Å²) < 4.78 is 37.1. The van der Waals surface area contributed by atoms with E-state index < -0.39 is 10.0 Å². The number of rotatable bonds is 19. The highest BCUT2D eigenvalue weighted by atomic mass is 127. The second kappa shape index (κ2) is 19.6. The Morgan fingerprint density at radius 2 is 1.45 bits per heavy atom. The lowest BCUT2D eigenvalue weighted by molar-refractivity contribution is -0.701. The largest absolute Gasteiger partial charge is 1.00 e. The Hall–Kier alpha value is -1.68. The molecule has 0 bridgehead atoms. The number of hydrogen-bond donors (Lipinski definition) is 0. The number of ether oxygens (including phenoxy) is 1. The average molecular weight is 727 g/mol. The molecule has 0 unspecified atom stereocenters. The number of aromatic nitrogens is 1. The van der Waals surface area contributed by atoms with Crippen LogP contribution >= 0.6 is 11.6 Å². The van der Waals surface area contributed by atoms with Crippen LogP contribution in [0.3, 0.4) is 0 Å². The summed E-state index contributed by atoms with van der Waals surface area (Å²) in [5, 5.41) is 0.505. The summed E-state index contributed by atoms with van der Waals surface area (Å²) in [6.45, 7) is 8.10. The van der Waals surface area contributed by atoms with Crippen LogP contribution in [-0.4, -0.2) is 19.3 Å². The summed E-state index contributed by atoms with van der Waals surface area (Å²) in [5.74, 6) is 0.645. The Bertz CT molecular complexity index is 1300. The highest BCUT2D eigenvalue weighted by Crippen LogP contribution is 2.28. The second-order valence-corrected chi connectivity index (χ2v) is 13.2. The summed E-state index contributed by atoms with van der Waals surface area (Å²) >= 11 is 6.61. The fourth-order valence-electron chi connectivity index (χ4n) is 4.96. The molecule has 0 aliphatic carbocycles. The summed E-state index contributed by atoms with van der Waals surface area (Å²) in [6.07, 6.45) is 14.8. The van der Waals surface area contributed by atoms with Gasteiger partial charge in [-0.05, 0) is 50.1 Å². The van der Waals surface area contributed by atoms with Gasteiger partial charge in [0.1, 0.15) is 12.3 Å². The van der Waals surface area contributed by atoms with Gasteiger partial charge in [-0.2, -0.15) is 4.31 Å². The molecule has 0 saturated heterocycles. The van der Waals surface area contributed by atoms with E-state index in [1.54, 1.807) is 12.1 Å². The zero-order valence-electron chi connectivity index (χ0n) is 25.5. The van der Waals surface area contributed by atoms with Crippen molar-refractivity contribution < 1.29 is 41.7 Å². The number of halogens is 2. The number of hydrogen-bond acceptors (Lipinski definition) is 3. The van der Waals surface area contributed by atoms with Crippen molar-refractivity contribution in [2.24, 2.45) is 0 Å². The zero-order chi connectivity index (χ0) is 29.5. The van der Waals surface area contributed by atoms with Crippen LogP contribution < -0.4 is 33.3 Å². The SMILES string of the molecule is CCCCCCCCCCCCOc1ccc(CN(Cc2cccc[n+]2CC)S(=O)(=O)c2ccc(C)cc2)cc1Cl.[I-]. The minimum atomic E-state index is -3.75. The third kappa shape index (κ3) is 11.8. The Balaban J connectivity index is 0.00000616. The van der Waals surface area contributed by atoms with E-state index in [9.17, 15) is 8.42 Å². The van der Waals surface area contributed by atoms with Crippen LogP contribution in [0.15, 0.2) is 71.8 Å². The van der Waals surface area contributed by atoms with Gasteiger partial charge in [-0.1, -0.05) is 106 Å². The number of benzene rings is 2. The quantitative estimate of drug-likeness (QED) is 0.0913. The van der Waals surface area contributed by atoms with Gasteiger partial charge in [0.05, 0.1) is 23.1 Å². The molecule has 2 aromatic carbocycles. The van der Waals surface area contributed by atoms with E-state index in [4.69, 9.17) is 16.3 Å². The van der Waals surface area contributed by atoms with Gasteiger partial charge >= 0.3 is 0 Å². The molecular weight excluding hydrogens is 679 g/mol. The van der Waals surface area contributed by atoms with E-state index in [-0.39, 0.29) is 42.0 Å². The standard InChI is InChI=1S/C34H48ClN2O3S.HI/c1-4-6-7-8-9-10-11-12-13-16-25-40-34-23-20-30(26-33(34)35)27-37(28-31-17-14-15-24-36(31)5-2)41(38,39)32-21-18-29(3)19-22-32;/h14-15,17-24,26H,4-13,16,25,27-28H2,1-3H3;1H/q+1;/p-1. The van der Waals surface area contributed by atoms with E-state index in [2.05, 4.69) is 18.4 Å². The number of nitrogens with zero attached hydrogens (tertiary/aromatic N) is 2. The van der Waals surface area contributed by atoms with Crippen LogP contribution in [0, 0.1) is 6.92 Å². The van der Waals surface area contributed by atoms with Gasteiger partial charge in [-0.15, -0.1) is 0 Å². The first-order valence-electron chi connectivity index (χ1n) is 15.3. The van der Waals surface area contributed by atoms with E-state index >= 15 is 0 Å². The fourth-order valence-corrected chi connectivity index (χ4v) is 6.62. The maximum absolute atomic E-state index is 13.8. The molecular formula is C34H48ClIN2O3S. The molecule has 0 fully saturated rings. The van der Waals surface area contributed by atoms with Crippen molar-refractivity contribution in [3.8, 4) is 5.75 Å². The van der Waals surface area contributed by atoms with Gasteiger partial charge in [0.25, 0.3) is 0 Å². The molecule has 5 nitrogen and oxygen atoms in total. The molecule has 0 spiro atoms. The van der Waals surface area contributed by atoms with Crippen LogP contribution in [-0.2, 0) is 29.7 Å². The molecule has 0 aliphatic heterocycles. The maximum atomic E-state index is 13.8. The first kappa shape index (κ1) is 36.5. The van der Waals surface area contributed by atoms with E-state index in [0.717, 1.165) is 36.2 Å². The summed E-state index contributed by atoms with van der Waals surface area (Å²) in [5.41, 5.74) is 2.76. The molecule has 0 radical (unpaired) electrons. The Kier molecular flexibility index (Phi) is 17.0. The molecule has 1 aromatic heterocycles. The lowest BCUT2D eigenvalue weighted by Gasteiger charge is -2.22. The van der Waals surface area contributed by atoms with E-state index in [0.29, 0.717) is 17.4 Å². The van der Waals surface area contributed by atoms with Crippen LogP contribution in [0.2, 0.25) is 5.02 Å². The van der Waals surface area contributed by atoms with Crippen molar-refractivity contribution in [3.05, 3.63) is 88.7 Å². The van der Waals surface area contributed by atoms with Crippen LogP contribution in [0.4, 0.5) is 0 Å². The molecule has 0 aliphatic rings. The predicted molar refractivity (Wildman–Crippen MR) is 169 cm³/mol. The van der Waals surface area contributed by atoms with Crippen molar-refractivity contribution in [1.82, 2.24) is 4.31 Å². The zero-order valence-corrected chi connectivity index (χ0v) is 29.3. The Morgan fingerprint density at radius 3 is 2.07 bits per heavy atom. The van der Waals surface area contributed by atoms with Crippen LogP contribution in [0.25, 0.3) is 0 Å². The molecule has 0 N–H and O–H groups in total. The van der Waals surface area contributed by atoms with Crippen molar-refractivity contribution in [2.75, 3.05) is 6.61 Å². The van der Waals surface area contributed by atoms with Gasteiger partial charge in [0.2, 0.25) is 10.0 Å². The van der Waals surface area contributed by atoms with Gasteiger partial charge in [0.15, 0.2) is 11.9 Å². The minimum Gasteiger partial charge on any atom is -1.00 e. The van der Waals surface area contributed by atoms with E-state index in [1.807, 2.05) is 61.7 Å². The van der Waals surface area contributed by atoms with Gasteiger partial charge in [-0.25, -0.2) is 13.0 Å². The molecule has 3 rings (SSSR count). The minimum absolute atomic E-state index is 0. The normalized spacial score (nSPS) is 11.5. The van der Waals surface area contributed by atoms with Crippen molar-refractivity contribution in [2.45, 2.75) is 110 Å². The summed E-state index contributed by atoms with van der Waals surface area (Å²) in [7, 11) is -3.75. The molecule has 0 atom stereocenters. The lowest BCUT2D eigenvalue weighted by atomic mass is 10.1. The highest BCUT2D eigenvalue weighted by Gasteiger charge is 2.28. The second-order valence-electron chi connectivity index (χ2n) is 10.9. The lowest BCUT2D eigenvalue weighted by Crippen LogP contribution is -3.00. The van der Waals surface area contributed by atoms with Crippen molar-refractivity contribution >= 4 is 21.6 Å².